The van der Waals surface area contributed by atoms with Crippen LogP contribution in [0.25, 0.3) is 0 Å². The summed E-state index contributed by atoms with van der Waals surface area (Å²) in [7, 11) is 5.05. The Kier molecular flexibility index (Phi) is 6.93. The van der Waals surface area contributed by atoms with Crippen LogP contribution >= 0.6 is 11.6 Å². The van der Waals surface area contributed by atoms with Gasteiger partial charge in [-0.3, -0.25) is 9.69 Å². The summed E-state index contributed by atoms with van der Waals surface area (Å²) in [6.07, 6.45) is 0. The van der Waals surface area contributed by atoms with E-state index in [1.54, 1.807) is 32.2 Å². The van der Waals surface area contributed by atoms with Crippen LogP contribution in [0.2, 0.25) is 5.02 Å². The number of likely N-dealkylation sites (N-methyl/N-ethyl adjacent to an activating group) is 1. The molecule has 0 saturated heterocycles. The zero-order chi connectivity index (χ0) is 18.4. The van der Waals surface area contributed by atoms with Crippen molar-refractivity contribution in [1.29, 1.82) is 0 Å². The van der Waals surface area contributed by atoms with Crippen molar-refractivity contribution >= 4 is 17.5 Å². The van der Waals surface area contributed by atoms with E-state index in [0.29, 0.717) is 13.2 Å². The van der Waals surface area contributed by atoms with Gasteiger partial charge in [0.2, 0.25) is 5.91 Å². The van der Waals surface area contributed by atoms with E-state index < -0.39 is 11.9 Å². The maximum atomic E-state index is 14.2. The highest BCUT2D eigenvalue weighted by atomic mass is 35.5. The topological polar surface area (TPSA) is 41.6 Å². The first-order chi connectivity index (χ1) is 12.0. The third kappa shape index (κ3) is 4.78. The number of benzene rings is 2. The average molecular weight is 365 g/mol. The molecule has 1 atom stereocenters. The maximum absolute atomic E-state index is 14.2. The average Bonchev–Trinajstić information content (AvgIpc) is 2.57. The molecule has 2 aromatic rings. The van der Waals surface area contributed by atoms with E-state index >= 15 is 0 Å². The Morgan fingerprint density at radius 3 is 2.48 bits per heavy atom. The van der Waals surface area contributed by atoms with E-state index in [0.717, 1.165) is 11.1 Å². The van der Waals surface area contributed by atoms with E-state index in [1.165, 1.54) is 12.1 Å². The third-order valence-electron chi connectivity index (χ3n) is 3.91. The van der Waals surface area contributed by atoms with Crippen molar-refractivity contribution in [1.82, 2.24) is 10.2 Å². The number of carbonyl (C=O) groups excluding carboxylic acids is 1. The lowest BCUT2D eigenvalue weighted by Gasteiger charge is -2.25. The SMILES string of the molecule is COCc1ccccc1CNC(=O)[C@H](c1c(F)cccc1Cl)N(C)C. The minimum atomic E-state index is -0.816. The molecule has 0 aliphatic rings. The molecule has 0 aliphatic heterocycles. The Hall–Kier alpha value is -1.95. The van der Waals surface area contributed by atoms with Crippen molar-refractivity contribution in [2.45, 2.75) is 19.2 Å². The fraction of sp³-hybridized carbons (Fsp3) is 0.316. The number of nitrogens with one attached hydrogen (secondary N) is 1. The molecule has 0 aliphatic carbocycles. The van der Waals surface area contributed by atoms with Gasteiger partial charge in [0.1, 0.15) is 11.9 Å². The zero-order valence-electron chi connectivity index (χ0n) is 14.6. The molecule has 25 heavy (non-hydrogen) atoms. The fourth-order valence-corrected chi connectivity index (χ4v) is 2.97. The number of methoxy groups -OCH3 is 1. The van der Waals surface area contributed by atoms with Crippen LogP contribution in [-0.2, 0) is 22.7 Å². The summed E-state index contributed by atoms with van der Waals surface area (Å²) in [4.78, 5) is 14.4. The number of halogens is 2. The van der Waals surface area contributed by atoms with Crippen molar-refractivity contribution in [3.05, 3.63) is 70.0 Å². The van der Waals surface area contributed by atoms with Crippen molar-refractivity contribution < 1.29 is 13.9 Å². The smallest absolute Gasteiger partial charge is 0.242 e. The van der Waals surface area contributed by atoms with Crippen LogP contribution in [0, 0.1) is 5.82 Å². The van der Waals surface area contributed by atoms with Crippen LogP contribution in [0.15, 0.2) is 42.5 Å². The molecule has 0 saturated carbocycles. The summed E-state index contributed by atoms with van der Waals surface area (Å²) < 4.78 is 19.4. The number of rotatable bonds is 7. The van der Waals surface area contributed by atoms with Gasteiger partial charge in [-0.25, -0.2) is 4.39 Å². The lowest BCUT2D eigenvalue weighted by Crippen LogP contribution is -2.37. The van der Waals surface area contributed by atoms with Crippen LogP contribution < -0.4 is 5.32 Å². The summed E-state index contributed by atoms with van der Waals surface area (Å²) in [6.45, 7) is 0.789. The predicted molar refractivity (Wildman–Crippen MR) is 96.8 cm³/mol. The van der Waals surface area contributed by atoms with Gasteiger partial charge in [0.05, 0.1) is 6.61 Å². The molecule has 1 N–H and O–H groups in total. The second-order valence-corrected chi connectivity index (χ2v) is 6.33. The van der Waals surface area contributed by atoms with Gasteiger partial charge in [0.25, 0.3) is 0 Å². The summed E-state index contributed by atoms with van der Waals surface area (Å²) in [6, 6.07) is 11.3. The second kappa shape index (κ2) is 8.94. The molecule has 0 fully saturated rings. The van der Waals surface area contributed by atoms with Gasteiger partial charge in [0.15, 0.2) is 0 Å². The Balaban J connectivity index is 2.20. The molecule has 0 radical (unpaired) electrons. The van der Waals surface area contributed by atoms with E-state index in [-0.39, 0.29) is 16.5 Å². The molecule has 2 aromatic carbocycles. The Morgan fingerprint density at radius 1 is 1.20 bits per heavy atom. The molecule has 2 rings (SSSR count). The highest BCUT2D eigenvalue weighted by Crippen LogP contribution is 2.29. The number of amides is 1. The van der Waals surface area contributed by atoms with Gasteiger partial charge in [-0.15, -0.1) is 0 Å². The van der Waals surface area contributed by atoms with E-state index in [4.69, 9.17) is 16.3 Å². The van der Waals surface area contributed by atoms with Crippen molar-refractivity contribution in [2.24, 2.45) is 0 Å². The van der Waals surface area contributed by atoms with Crippen LogP contribution in [0.1, 0.15) is 22.7 Å². The van der Waals surface area contributed by atoms with Crippen LogP contribution in [0.5, 0.6) is 0 Å². The number of nitrogens with zero attached hydrogens (tertiary/aromatic N) is 1. The van der Waals surface area contributed by atoms with Gasteiger partial charge < -0.3 is 10.1 Å². The number of hydrogen-bond acceptors (Lipinski definition) is 3. The largest absolute Gasteiger partial charge is 0.380 e. The summed E-state index contributed by atoms with van der Waals surface area (Å²) in [5, 5.41) is 3.10. The molecule has 6 heteroatoms. The molecule has 0 unspecified atom stereocenters. The molecule has 0 heterocycles. The first-order valence-electron chi connectivity index (χ1n) is 7.89. The van der Waals surface area contributed by atoms with Gasteiger partial charge in [-0.2, -0.15) is 0 Å². The first-order valence-corrected chi connectivity index (χ1v) is 8.27. The molecule has 134 valence electrons. The molecule has 1 amide bonds. The number of carbonyl (C=O) groups is 1. The van der Waals surface area contributed by atoms with Gasteiger partial charge in [0, 0.05) is 24.2 Å². The lowest BCUT2D eigenvalue weighted by atomic mass is 10.0. The standard InChI is InChI=1S/C19H22ClFN2O2/c1-23(2)18(17-15(20)9-6-10-16(17)21)19(24)22-11-13-7-4-5-8-14(13)12-25-3/h4-10,18H,11-12H2,1-3H3,(H,22,24)/t18-/m0/s1. The van der Waals surface area contributed by atoms with E-state index in [9.17, 15) is 9.18 Å². The normalized spacial score (nSPS) is 12.2. The van der Waals surface area contributed by atoms with Crippen molar-refractivity contribution in [3.63, 3.8) is 0 Å². The summed E-state index contributed by atoms with van der Waals surface area (Å²) in [5.74, 6) is -0.814. The van der Waals surface area contributed by atoms with Crippen LogP contribution in [0.4, 0.5) is 4.39 Å². The quantitative estimate of drug-likeness (QED) is 0.817. The Bertz CT molecular complexity index is 717. The second-order valence-electron chi connectivity index (χ2n) is 5.92. The van der Waals surface area contributed by atoms with Crippen molar-refractivity contribution in [2.75, 3.05) is 21.2 Å². The fourth-order valence-electron chi connectivity index (χ4n) is 2.70. The van der Waals surface area contributed by atoms with E-state index in [1.807, 2.05) is 24.3 Å². The van der Waals surface area contributed by atoms with Crippen LogP contribution in [-0.4, -0.2) is 32.0 Å². The van der Waals surface area contributed by atoms with Gasteiger partial charge in [-0.1, -0.05) is 41.9 Å². The molecule has 0 bridgehead atoms. The van der Waals surface area contributed by atoms with Gasteiger partial charge in [-0.05, 0) is 37.4 Å². The predicted octanol–water partition coefficient (Wildman–Crippen LogP) is 3.54. The molecular weight excluding hydrogens is 343 g/mol. The lowest BCUT2D eigenvalue weighted by molar-refractivity contribution is -0.126. The maximum Gasteiger partial charge on any atom is 0.242 e. The Morgan fingerprint density at radius 2 is 1.88 bits per heavy atom. The Labute approximate surface area is 152 Å². The van der Waals surface area contributed by atoms with Gasteiger partial charge >= 0.3 is 0 Å². The highest BCUT2D eigenvalue weighted by molar-refractivity contribution is 6.31. The molecule has 4 nitrogen and oxygen atoms in total. The minimum absolute atomic E-state index is 0.178. The number of hydrogen-bond donors (Lipinski definition) is 1. The highest BCUT2D eigenvalue weighted by Gasteiger charge is 2.28. The van der Waals surface area contributed by atoms with Crippen LogP contribution in [0.3, 0.4) is 0 Å². The minimum Gasteiger partial charge on any atom is -0.380 e. The summed E-state index contributed by atoms with van der Waals surface area (Å²) in [5.41, 5.74) is 2.13. The number of ether oxygens (including phenoxy) is 1. The summed E-state index contributed by atoms with van der Waals surface area (Å²) >= 11 is 6.13. The molecule has 0 aromatic heterocycles. The zero-order valence-corrected chi connectivity index (χ0v) is 15.3. The monoisotopic (exact) mass is 364 g/mol. The molecular formula is C19H22ClFN2O2. The van der Waals surface area contributed by atoms with Crippen molar-refractivity contribution in [3.8, 4) is 0 Å². The molecule has 0 spiro atoms. The third-order valence-corrected chi connectivity index (χ3v) is 4.24. The van der Waals surface area contributed by atoms with E-state index in [2.05, 4.69) is 5.32 Å². The first kappa shape index (κ1) is 19.4.